The molecule has 25 heavy (non-hydrogen) atoms. The highest BCUT2D eigenvalue weighted by Crippen LogP contribution is 2.21. The lowest BCUT2D eigenvalue weighted by atomic mass is 9.85. The minimum atomic E-state index is 0.0371. The van der Waals surface area contributed by atoms with Crippen LogP contribution in [0.15, 0.2) is 35.3 Å². The van der Waals surface area contributed by atoms with Crippen molar-refractivity contribution in [3.8, 4) is 0 Å². The van der Waals surface area contributed by atoms with Crippen molar-refractivity contribution in [3.05, 3.63) is 52.8 Å². The van der Waals surface area contributed by atoms with Gasteiger partial charge in [-0.15, -0.1) is 0 Å². The Labute approximate surface area is 151 Å². The Morgan fingerprint density at radius 3 is 2.40 bits per heavy atom. The third kappa shape index (κ3) is 4.84. The summed E-state index contributed by atoms with van der Waals surface area (Å²) in [6.07, 6.45) is 0.939. The van der Waals surface area contributed by atoms with Crippen molar-refractivity contribution < 1.29 is 0 Å². The molecule has 2 N–H and O–H groups in total. The van der Waals surface area contributed by atoms with E-state index in [-0.39, 0.29) is 5.41 Å². The Morgan fingerprint density at radius 1 is 1.16 bits per heavy atom. The van der Waals surface area contributed by atoms with Crippen molar-refractivity contribution >= 4 is 5.96 Å². The van der Waals surface area contributed by atoms with Crippen LogP contribution in [0.4, 0.5) is 0 Å². The summed E-state index contributed by atoms with van der Waals surface area (Å²) in [6, 6.07) is 10.6. The fourth-order valence-corrected chi connectivity index (χ4v) is 3.00. The van der Waals surface area contributed by atoms with E-state index in [1.54, 1.807) is 0 Å². The Bertz CT molecular complexity index is 713. The lowest BCUT2D eigenvalue weighted by Crippen LogP contribution is -2.44. The van der Waals surface area contributed by atoms with Gasteiger partial charge in [0.15, 0.2) is 5.96 Å². The maximum atomic E-state index is 4.47. The summed E-state index contributed by atoms with van der Waals surface area (Å²) in [5.74, 6) is 0.836. The highest BCUT2D eigenvalue weighted by Gasteiger charge is 2.20. The molecule has 0 atom stereocenters. The van der Waals surface area contributed by atoms with Gasteiger partial charge in [0.2, 0.25) is 0 Å². The zero-order valence-corrected chi connectivity index (χ0v) is 16.3. The molecule has 136 valence electrons. The van der Waals surface area contributed by atoms with E-state index >= 15 is 0 Å². The smallest absolute Gasteiger partial charge is 0.191 e. The van der Waals surface area contributed by atoms with E-state index in [1.807, 2.05) is 18.8 Å². The molecule has 5 nitrogen and oxygen atoms in total. The molecule has 0 aliphatic rings. The van der Waals surface area contributed by atoms with Crippen molar-refractivity contribution in [2.75, 3.05) is 20.1 Å². The maximum absolute atomic E-state index is 4.47. The summed E-state index contributed by atoms with van der Waals surface area (Å²) < 4.78 is 1.94. The first-order valence-electron chi connectivity index (χ1n) is 8.84. The number of aryl methyl sites for hydroxylation is 2. The fourth-order valence-electron chi connectivity index (χ4n) is 3.00. The van der Waals surface area contributed by atoms with Crippen LogP contribution in [-0.2, 0) is 18.9 Å². The molecule has 0 aliphatic heterocycles. The normalized spacial score (nSPS) is 12.3. The molecule has 0 bridgehead atoms. The van der Waals surface area contributed by atoms with E-state index < -0.39 is 0 Å². The molecular weight excluding hydrogens is 310 g/mol. The van der Waals surface area contributed by atoms with E-state index in [0.29, 0.717) is 0 Å². The van der Waals surface area contributed by atoms with Gasteiger partial charge in [-0.25, -0.2) is 0 Å². The summed E-state index contributed by atoms with van der Waals surface area (Å²) in [6.45, 7) is 10.3. The number of guanidine groups is 1. The Morgan fingerprint density at radius 2 is 1.84 bits per heavy atom. The van der Waals surface area contributed by atoms with Crippen LogP contribution in [0.25, 0.3) is 0 Å². The Hall–Kier alpha value is -2.30. The zero-order chi connectivity index (χ0) is 18.4. The van der Waals surface area contributed by atoms with E-state index in [0.717, 1.165) is 31.2 Å². The average molecular weight is 342 g/mol. The highest BCUT2D eigenvalue weighted by molar-refractivity contribution is 5.79. The monoisotopic (exact) mass is 341 g/mol. The molecule has 0 fully saturated rings. The number of aromatic nitrogens is 2. The van der Waals surface area contributed by atoms with Crippen molar-refractivity contribution in [1.82, 2.24) is 20.4 Å². The first-order valence-corrected chi connectivity index (χ1v) is 8.84. The lowest BCUT2D eigenvalue weighted by molar-refractivity contribution is 0.508. The van der Waals surface area contributed by atoms with Crippen LogP contribution in [0.3, 0.4) is 0 Å². The molecule has 0 amide bonds. The topological polar surface area (TPSA) is 54.2 Å². The van der Waals surface area contributed by atoms with Crippen molar-refractivity contribution in [2.24, 2.45) is 12.0 Å². The minimum Gasteiger partial charge on any atom is -0.356 e. The molecule has 0 saturated carbocycles. The first kappa shape index (κ1) is 19.0. The number of nitrogens with zero attached hydrogens (tertiary/aromatic N) is 3. The SMILES string of the molecule is CN=C(NCCc1c(C)nn(C)c1C)NCC(C)(C)c1ccccc1. The molecule has 5 heteroatoms. The number of hydrogen-bond acceptors (Lipinski definition) is 2. The molecule has 0 unspecified atom stereocenters. The summed E-state index contributed by atoms with van der Waals surface area (Å²) in [5, 5.41) is 11.3. The van der Waals surface area contributed by atoms with Gasteiger partial charge < -0.3 is 10.6 Å². The largest absolute Gasteiger partial charge is 0.356 e. The number of benzene rings is 1. The second-order valence-corrected chi connectivity index (χ2v) is 7.13. The van der Waals surface area contributed by atoms with Crippen LogP contribution < -0.4 is 10.6 Å². The van der Waals surface area contributed by atoms with Gasteiger partial charge in [0.25, 0.3) is 0 Å². The minimum absolute atomic E-state index is 0.0371. The highest BCUT2D eigenvalue weighted by atomic mass is 15.3. The predicted molar refractivity (Wildman–Crippen MR) is 105 cm³/mol. The van der Waals surface area contributed by atoms with E-state index in [9.17, 15) is 0 Å². The third-order valence-electron chi connectivity index (χ3n) is 4.80. The molecule has 1 aromatic heterocycles. The van der Waals surface area contributed by atoms with Gasteiger partial charge in [-0.05, 0) is 31.4 Å². The van der Waals surface area contributed by atoms with Gasteiger partial charge in [-0.3, -0.25) is 9.67 Å². The van der Waals surface area contributed by atoms with Gasteiger partial charge in [0.1, 0.15) is 0 Å². The van der Waals surface area contributed by atoms with E-state index in [4.69, 9.17) is 0 Å². The number of rotatable bonds is 6. The van der Waals surface area contributed by atoms with Crippen molar-refractivity contribution in [3.63, 3.8) is 0 Å². The number of aliphatic imine (C=N–C) groups is 1. The summed E-state index contributed by atoms with van der Waals surface area (Å²) in [5.41, 5.74) is 5.01. The van der Waals surface area contributed by atoms with Crippen molar-refractivity contribution in [1.29, 1.82) is 0 Å². The second-order valence-electron chi connectivity index (χ2n) is 7.13. The van der Waals surface area contributed by atoms with Crippen LogP contribution in [0, 0.1) is 13.8 Å². The fraction of sp³-hybridized carbons (Fsp3) is 0.500. The first-order chi connectivity index (χ1) is 11.8. The van der Waals surface area contributed by atoms with Crippen LogP contribution >= 0.6 is 0 Å². The average Bonchev–Trinajstić information content (AvgIpc) is 2.84. The van der Waals surface area contributed by atoms with Crippen molar-refractivity contribution in [2.45, 2.75) is 39.5 Å². The van der Waals surface area contributed by atoms with Crippen LogP contribution in [-0.4, -0.2) is 35.9 Å². The van der Waals surface area contributed by atoms with Crippen LogP contribution in [0.2, 0.25) is 0 Å². The quantitative estimate of drug-likeness (QED) is 0.627. The van der Waals surface area contributed by atoms with Crippen LogP contribution in [0.1, 0.15) is 36.4 Å². The Balaban J connectivity index is 1.87. The lowest BCUT2D eigenvalue weighted by Gasteiger charge is -2.26. The van der Waals surface area contributed by atoms with Gasteiger partial charge in [0.05, 0.1) is 5.69 Å². The molecular formula is C20H31N5. The van der Waals surface area contributed by atoms with Gasteiger partial charge in [-0.2, -0.15) is 5.10 Å². The van der Waals surface area contributed by atoms with Crippen LogP contribution in [0.5, 0.6) is 0 Å². The third-order valence-corrected chi connectivity index (χ3v) is 4.80. The molecule has 1 aromatic carbocycles. The number of hydrogen-bond donors (Lipinski definition) is 2. The zero-order valence-electron chi connectivity index (χ0n) is 16.3. The van der Waals surface area contributed by atoms with E-state index in [1.165, 1.54) is 16.8 Å². The van der Waals surface area contributed by atoms with Gasteiger partial charge >= 0.3 is 0 Å². The molecule has 0 aliphatic carbocycles. The molecule has 0 saturated heterocycles. The molecule has 1 heterocycles. The van der Waals surface area contributed by atoms with Gasteiger partial charge in [0, 0.05) is 38.3 Å². The number of nitrogens with one attached hydrogen (secondary N) is 2. The van der Waals surface area contributed by atoms with E-state index in [2.05, 4.69) is 78.8 Å². The summed E-state index contributed by atoms with van der Waals surface area (Å²) >= 11 is 0. The second kappa shape index (κ2) is 8.19. The molecule has 2 rings (SSSR count). The molecule has 0 spiro atoms. The summed E-state index contributed by atoms with van der Waals surface area (Å²) in [4.78, 5) is 4.34. The maximum Gasteiger partial charge on any atom is 0.191 e. The van der Waals surface area contributed by atoms with Gasteiger partial charge in [-0.1, -0.05) is 44.2 Å². The summed E-state index contributed by atoms with van der Waals surface area (Å²) in [7, 11) is 3.80. The molecule has 0 radical (unpaired) electrons. The standard InChI is InChI=1S/C20H31N5/c1-15-18(16(2)25(6)24-15)12-13-22-19(21-5)23-14-20(3,4)17-10-8-7-9-11-17/h7-11H,12-14H2,1-6H3,(H2,21,22,23). The predicted octanol–water partition coefficient (Wildman–Crippen LogP) is 2.72. The Kier molecular flexibility index (Phi) is 6.23. The molecule has 2 aromatic rings.